The highest BCUT2D eigenvalue weighted by Crippen LogP contribution is 2.09. The van der Waals surface area contributed by atoms with Gasteiger partial charge in [0.2, 0.25) is 28.7 Å². The van der Waals surface area contributed by atoms with Gasteiger partial charge in [-0.25, -0.2) is 0 Å². The summed E-state index contributed by atoms with van der Waals surface area (Å²) in [6.45, 7) is -0.00626. The van der Waals surface area contributed by atoms with Crippen LogP contribution in [0.5, 0.6) is 0 Å². The third-order valence-corrected chi connectivity index (χ3v) is 6.54. The fourth-order valence-electron chi connectivity index (χ4n) is 2.59. The minimum absolute atomic E-state index is 0.0256. The molecule has 0 rings (SSSR count). The van der Waals surface area contributed by atoms with E-state index in [-0.39, 0.29) is 37.2 Å². The van der Waals surface area contributed by atoms with Crippen LogP contribution in [-0.2, 0) is 43.2 Å². The number of hydrogen-bond acceptors (Lipinski definition) is 14. The fraction of sp³-hybridized carbons (Fsp3) is 0.609. The van der Waals surface area contributed by atoms with Crippen LogP contribution in [0.1, 0.15) is 32.6 Å². The molecular weight excluding hydrogens is 648 g/mol. The highest BCUT2D eigenvalue weighted by Gasteiger charge is 2.25. The summed E-state index contributed by atoms with van der Waals surface area (Å²) in [4.78, 5) is 99.9. The van der Waals surface area contributed by atoms with E-state index < -0.39 is 96.0 Å². The molecule has 0 aliphatic rings. The number of amides is 4. The summed E-state index contributed by atoms with van der Waals surface area (Å²) >= 11 is 4.47. The monoisotopic (exact) mass is 686 g/mol. The molecule has 0 bridgehead atoms. The predicted molar refractivity (Wildman–Crippen MR) is 158 cm³/mol. The number of carbonyl (C=O) groups excluding carboxylic acids is 5. The first-order chi connectivity index (χ1) is 20.8. The van der Waals surface area contributed by atoms with Crippen LogP contribution in [0, 0.1) is 0 Å². The van der Waals surface area contributed by atoms with Crippen LogP contribution in [0.3, 0.4) is 0 Å². The maximum atomic E-state index is 11.9. The molecule has 20 nitrogen and oxygen atoms in total. The van der Waals surface area contributed by atoms with E-state index in [1.807, 2.05) is 0 Å². The van der Waals surface area contributed by atoms with E-state index in [0.29, 0.717) is 11.8 Å². The number of nitrogens with one attached hydrogen (secondary N) is 4. The first-order valence-corrected chi connectivity index (χ1v) is 14.4. The summed E-state index contributed by atoms with van der Waals surface area (Å²) in [5, 5.41) is 51.4. The van der Waals surface area contributed by atoms with E-state index in [1.54, 1.807) is 0 Å². The van der Waals surface area contributed by atoms with Crippen LogP contribution < -0.4 is 32.7 Å². The van der Waals surface area contributed by atoms with Gasteiger partial charge in [-0.1, -0.05) is 11.8 Å². The molecule has 0 heterocycles. The van der Waals surface area contributed by atoms with E-state index in [2.05, 4.69) is 33.9 Å². The molecule has 13 N–H and O–H groups in total. The van der Waals surface area contributed by atoms with Gasteiger partial charge in [0.05, 0.1) is 0 Å². The van der Waals surface area contributed by atoms with Crippen molar-refractivity contribution in [3.63, 3.8) is 0 Å². The van der Waals surface area contributed by atoms with Crippen LogP contribution in [0.4, 0.5) is 0 Å². The predicted octanol–water partition coefficient (Wildman–Crippen LogP) is -4.70. The number of rotatable bonds is 20. The Labute approximate surface area is 265 Å². The third-order valence-electron chi connectivity index (χ3n) is 5.05. The molecule has 0 saturated heterocycles. The lowest BCUT2D eigenvalue weighted by atomic mass is 10.1. The van der Waals surface area contributed by atoms with Crippen LogP contribution >= 0.6 is 24.4 Å². The lowest BCUT2D eigenvalue weighted by Gasteiger charge is -2.18. The Morgan fingerprint density at radius 2 is 1.09 bits per heavy atom. The first kappa shape index (κ1) is 43.1. The van der Waals surface area contributed by atoms with Crippen molar-refractivity contribution in [2.45, 2.75) is 62.9 Å². The van der Waals surface area contributed by atoms with Crippen molar-refractivity contribution in [1.82, 2.24) is 21.3 Å². The number of thiol groups is 1. The second-order valence-corrected chi connectivity index (χ2v) is 10.3. The Kier molecular flexibility index (Phi) is 22.4. The maximum absolute atomic E-state index is 11.9. The topological polar surface area (TPSA) is 355 Å². The SMILES string of the molecule is CC(O)C(=O)SCC(NC(=O)CCC(N)C(=O)O)C(=O)NCC(=O)O.NC(CCC(=O)NC(CS)C(=O)NCC(=O)O)C(=O)O. The van der Waals surface area contributed by atoms with Gasteiger partial charge in [0.1, 0.15) is 43.4 Å². The second-order valence-electron chi connectivity index (χ2n) is 8.92. The van der Waals surface area contributed by atoms with Crippen LogP contribution in [0.25, 0.3) is 0 Å². The molecule has 5 atom stereocenters. The minimum Gasteiger partial charge on any atom is -0.480 e. The van der Waals surface area contributed by atoms with Gasteiger partial charge in [-0.2, -0.15) is 12.6 Å². The average molecular weight is 687 g/mol. The van der Waals surface area contributed by atoms with Crippen molar-refractivity contribution >= 4 is 77.0 Å². The van der Waals surface area contributed by atoms with Gasteiger partial charge >= 0.3 is 23.9 Å². The second kappa shape index (κ2) is 23.4. The van der Waals surface area contributed by atoms with E-state index in [4.69, 9.17) is 37.0 Å². The van der Waals surface area contributed by atoms with Crippen LogP contribution in [-0.4, -0.2) is 133 Å². The Morgan fingerprint density at radius 1 is 0.711 bits per heavy atom. The molecule has 0 aromatic carbocycles. The molecule has 0 aromatic rings. The van der Waals surface area contributed by atoms with Crippen molar-refractivity contribution in [3.8, 4) is 0 Å². The number of aliphatic hydroxyl groups is 1. The zero-order valence-corrected chi connectivity index (χ0v) is 25.7. The summed E-state index contributed by atoms with van der Waals surface area (Å²) in [5.74, 6) is -8.02. The standard InChI is InChI=1S/C13H21N3O8S.C10H17N3O6S/c1-6(17)13(24)25-5-8(11(21)15-4-10(19)20)16-9(18)3-2-7(14)12(22)23;11-5(10(18)19)1-2-7(14)13-6(4-20)9(17)12-3-8(15)16/h6-8,17H,2-5,14H2,1H3,(H,15,21)(H,16,18)(H,19,20)(H,22,23);5-6,20H,1-4,11H2,(H,12,17)(H,13,14)(H,15,16)(H,18,19). The molecule has 5 unspecified atom stereocenters. The molecule has 0 saturated carbocycles. The molecule has 45 heavy (non-hydrogen) atoms. The average Bonchev–Trinajstić information content (AvgIpc) is 2.96. The summed E-state index contributed by atoms with van der Waals surface area (Å²) in [5.41, 5.74) is 10.5. The number of carboxylic acids is 4. The van der Waals surface area contributed by atoms with E-state index in [0.717, 1.165) is 0 Å². The minimum atomic E-state index is -1.29. The smallest absolute Gasteiger partial charge is 0.322 e. The van der Waals surface area contributed by atoms with E-state index in [9.17, 15) is 43.2 Å². The number of carbonyl (C=O) groups is 9. The summed E-state index contributed by atoms with van der Waals surface area (Å²) < 4.78 is 0. The van der Waals surface area contributed by atoms with Gasteiger partial charge in [-0.15, -0.1) is 0 Å². The van der Waals surface area contributed by atoms with Crippen molar-refractivity contribution in [1.29, 1.82) is 0 Å². The van der Waals surface area contributed by atoms with E-state index >= 15 is 0 Å². The molecule has 0 aromatic heterocycles. The zero-order chi connectivity index (χ0) is 35.3. The van der Waals surface area contributed by atoms with Crippen LogP contribution in [0.2, 0.25) is 0 Å². The molecule has 4 amide bonds. The Balaban J connectivity index is 0. The molecule has 0 spiro atoms. The van der Waals surface area contributed by atoms with Gasteiger partial charge in [-0.05, 0) is 19.8 Å². The maximum Gasteiger partial charge on any atom is 0.322 e. The van der Waals surface area contributed by atoms with Crippen molar-refractivity contribution in [3.05, 3.63) is 0 Å². The number of thioether (sulfide) groups is 1. The molecule has 0 fully saturated rings. The Morgan fingerprint density at radius 3 is 1.42 bits per heavy atom. The highest BCUT2D eigenvalue weighted by atomic mass is 32.2. The number of aliphatic hydroxyl groups excluding tert-OH is 1. The number of nitrogens with two attached hydrogens (primary N) is 2. The quantitative estimate of drug-likeness (QED) is 0.0535. The highest BCUT2D eigenvalue weighted by molar-refractivity contribution is 8.13. The third kappa shape index (κ3) is 22.2. The Hall–Kier alpha value is -3.99. The molecule has 0 radical (unpaired) electrons. The summed E-state index contributed by atoms with van der Waals surface area (Å²) in [6, 6.07) is -4.63. The fourth-order valence-corrected chi connectivity index (χ4v) is 3.65. The summed E-state index contributed by atoms with van der Waals surface area (Å²) in [7, 11) is 0. The number of carboxylic acid groups (broad SMARTS) is 4. The van der Waals surface area contributed by atoms with Gasteiger partial charge in [0, 0.05) is 24.3 Å². The molecule has 0 aliphatic heterocycles. The van der Waals surface area contributed by atoms with Gasteiger partial charge in [0.15, 0.2) is 0 Å². The first-order valence-electron chi connectivity index (χ1n) is 12.8. The lowest BCUT2D eigenvalue weighted by Crippen LogP contribution is -2.49. The summed E-state index contributed by atoms with van der Waals surface area (Å²) in [6.07, 6.45) is -1.94. The van der Waals surface area contributed by atoms with Gasteiger partial charge in [-0.3, -0.25) is 43.2 Å². The van der Waals surface area contributed by atoms with Crippen molar-refractivity contribution in [2.24, 2.45) is 11.5 Å². The lowest BCUT2D eigenvalue weighted by molar-refractivity contribution is -0.140. The number of aliphatic carboxylic acids is 4. The van der Waals surface area contributed by atoms with Gasteiger partial charge in [0.25, 0.3) is 0 Å². The van der Waals surface area contributed by atoms with Crippen LogP contribution in [0.15, 0.2) is 0 Å². The molecule has 256 valence electrons. The van der Waals surface area contributed by atoms with Crippen molar-refractivity contribution < 1.29 is 68.7 Å². The van der Waals surface area contributed by atoms with Crippen molar-refractivity contribution in [2.75, 3.05) is 24.6 Å². The Bertz CT molecular complexity index is 1080. The largest absolute Gasteiger partial charge is 0.480 e. The molecular formula is C23H38N6O14S2. The molecule has 22 heteroatoms. The van der Waals surface area contributed by atoms with Gasteiger partial charge < -0.3 is 58.3 Å². The zero-order valence-electron chi connectivity index (χ0n) is 24.0. The molecule has 0 aliphatic carbocycles. The normalized spacial score (nSPS) is 13.6. The number of hydrogen-bond donors (Lipinski definition) is 12. The van der Waals surface area contributed by atoms with E-state index in [1.165, 1.54) is 6.92 Å².